The molecule has 33 heavy (non-hydrogen) atoms. The molecule has 0 spiro atoms. The van der Waals surface area contributed by atoms with Gasteiger partial charge in [0.1, 0.15) is 16.3 Å². The van der Waals surface area contributed by atoms with Crippen LogP contribution in [0.15, 0.2) is 47.4 Å². The minimum atomic E-state index is -4.42. The van der Waals surface area contributed by atoms with Crippen molar-refractivity contribution in [1.29, 1.82) is 0 Å². The lowest BCUT2D eigenvalue weighted by Gasteiger charge is -2.48. The fourth-order valence-electron chi connectivity index (χ4n) is 4.71. The average Bonchev–Trinajstić information content (AvgIpc) is 2.79. The van der Waals surface area contributed by atoms with Crippen molar-refractivity contribution in [1.82, 2.24) is 9.62 Å². The highest BCUT2D eigenvalue weighted by Crippen LogP contribution is 2.35. The summed E-state index contributed by atoms with van der Waals surface area (Å²) < 4.78 is 41.4. The topological polar surface area (TPSA) is 83.6 Å². The van der Waals surface area contributed by atoms with Crippen molar-refractivity contribution < 1.29 is 22.4 Å². The van der Waals surface area contributed by atoms with E-state index in [9.17, 15) is 22.4 Å². The zero-order valence-corrected chi connectivity index (χ0v) is 19.8. The Morgan fingerprint density at radius 3 is 2.33 bits per heavy atom. The van der Waals surface area contributed by atoms with Gasteiger partial charge in [-0.25, -0.2) is 17.5 Å². The van der Waals surface area contributed by atoms with Crippen molar-refractivity contribution in [2.45, 2.75) is 68.7 Å². The average molecular weight is 473 g/mol. The molecule has 1 aliphatic carbocycles. The van der Waals surface area contributed by atoms with Crippen LogP contribution in [0.3, 0.4) is 0 Å². The van der Waals surface area contributed by atoms with Gasteiger partial charge in [0.2, 0.25) is 0 Å². The number of hydrogen-bond acceptors (Lipinski definition) is 4. The molecule has 2 aliphatic rings. The number of hydrogen-bond donors (Lipinski definition) is 1. The van der Waals surface area contributed by atoms with Crippen LogP contribution in [0.1, 0.15) is 72.9 Å². The van der Waals surface area contributed by atoms with E-state index in [1.54, 1.807) is 19.1 Å². The number of rotatable bonds is 5. The molecule has 2 aromatic rings. The first-order valence-electron chi connectivity index (χ1n) is 11.4. The fourth-order valence-corrected chi connectivity index (χ4v) is 5.95. The van der Waals surface area contributed by atoms with Crippen LogP contribution in [0.5, 0.6) is 0 Å². The van der Waals surface area contributed by atoms with Gasteiger partial charge in [-0.3, -0.25) is 9.59 Å². The minimum Gasteiger partial charge on any atom is -0.324 e. The zero-order chi connectivity index (χ0) is 23.8. The third-order valence-corrected chi connectivity index (χ3v) is 8.34. The minimum absolute atomic E-state index is 0.316. The van der Waals surface area contributed by atoms with Crippen LogP contribution in [0.2, 0.25) is 0 Å². The van der Waals surface area contributed by atoms with E-state index in [1.807, 2.05) is 16.9 Å². The predicted molar refractivity (Wildman–Crippen MR) is 123 cm³/mol. The molecule has 1 heterocycles. The second-order valence-corrected chi connectivity index (χ2v) is 11.0. The number of nitrogens with zero attached hydrogens (tertiary/aromatic N) is 1. The van der Waals surface area contributed by atoms with Gasteiger partial charge in [0.15, 0.2) is 0 Å². The number of halogens is 1. The Morgan fingerprint density at radius 2 is 1.73 bits per heavy atom. The van der Waals surface area contributed by atoms with E-state index in [1.165, 1.54) is 48.8 Å². The van der Waals surface area contributed by atoms with Gasteiger partial charge >= 0.3 is 0 Å². The Kier molecular flexibility index (Phi) is 6.31. The van der Waals surface area contributed by atoms with E-state index in [2.05, 4.69) is 0 Å². The molecule has 1 atom stereocenters. The van der Waals surface area contributed by atoms with Crippen LogP contribution in [0.25, 0.3) is 0 Å². The Hall–Kier alpha value is -2.74. The largest absolute Gasteiger partial charge is 0.324 e. The molecule has 0 radical (unpaired) electrons. The van der Waals surface area contributed by atoms with Crippen LogP contribution in [0, 0.1) is 12.7 Å². The molecule has 2 amide bonds. The third kappa shape index (κ3) is 4.53. The van der Waals surface area contributed by atoms with E-state index in [0.29, 0.717) is 30.0 Å². The Morgan fingerprint density at radius 1 is 1.06 bits per heavy atom. The maximum Gasteiger partial charge on any atom is 0.267 e. The van der Waals surface area contributed by atoms with Gasteiger partial charge < -0.3 is 4.90 Å². The monoisotopic (exact) mass is 472 g/mol. The molecule has 4 rings (SSSR count). The first-order chi connectivity index (χ1) is 15.6. The van der Waals surface area contributed by atoms with Crippen molar-refractivity contribution in [2.75, 3.05) is 6.54 Å². The molecule has 1 saturated heterocycles. The van der Waals surface area contributed by atoms with Crippen LogP contribution in [-0.2, 0) is 14.8 Å². The van der Waals surface area contributed by atoms with Gasteiger partial charge in [0, 0.05) is 12.1 Å². The summed E-state index contributed by atoms with van der Waals surface area (Å²) in [4.78, 5) is 26.8. The molecule has 2 aromatic carbocycles. The van der Waals surface area contributed by atoms with E-state index in [0.717, 1.165) is 18.9 Å². The lowest BCUT2D eigenvalue weighted by Crippen LogP contribution is -2.67. The van der Waals surface area contributed by atoms with Crippen molar-refractivity contribution in [3.63, 3.8) is 0 Å². The summed E-state index contributed by atoms with van der Waals surface area (Å²) in [5, 5.41) is 0. The molecule has 1 saturated carbocycles. The SMILES string of the molecule is Cc1ccc(F)c(S(=O)(=O)NC(=O)C2(C)CCN2C(=O)c2ccc(C3CCCCC3)cc2)c1. The van der Waals surface area contributed by atoms with E-state index in [-0.39, 0.29) is 5.91 Å². The van der Waals surface area contributed by atoms with E-state index < -0.39 is 32.2 Å². The van der Waals surface area contributed by atoms with Crippen LogP contribution >= 0.6 is 0 Å². The zero-order valence-electron chi connectivity index (χ0n) is 18.9. The normalized spacial score (nSPS) is 21.4. The molecule has 176 valence electrons. The van der Waals surface area contributed by atoms with Crippen molar-refractivity contribution in [3.8, 4) is 0 Å². The lowest BCUT2D eigenvalue weighted by molar-refractivity contribution is -0.135. The summed E-state index contributed by atoms with van der Waals surface area (Å²) in [6, 6.07) is 11.2. The van der Waals surface area contributed by atoms with Gasteiger partial charge in [0.05, 0.1) is 0 Å². The molecule has 1 N–H and O–H groups in total. The van der Waals surface area contributed by atoms with Crippen LogP contribution in [-0.4, -0.2) is 37.2 Å². The highest BCUT2D eigenvalue weighted by Gasteiger charge is 2.50. The first-order valence-corrected chi connectivity index (χ1v) is 12.9. The maximum absolute atomic E-state index is 14.1. The summed E-state index contributed by atoms with van der Waals surface area (Å²) in [5.74, 6) is -1.59. The van der Waals surface area contributed by atoms with Gasteiger partial charge in [-0.15, -0.1) is 0 Å². The first kappa shape index (κ1) is 23.4. The molecule has 0 aromatic heterocycles. The van der Waals surface area contributed by atoms with Gasteiger partial charge in [0.25, 0.3) is 21.8 Å². The van der Waals surface area contributed by atoms with E-state index in [4.69, 9.17) is 0 Å². The van der Waals surface area contributed by atoms with Crippen LogP contribution in [0.4, 0.5) is 4.39 Å². The number of amides is 2. The van der Waals surface area contributed by atoms with Gasteiger partial charge in [-0.2, -0.15) is 0 Å². The molecule has 1 aliphatic heterocycles. The Bertz CT molecular complexity index is 1170. The van der Waals surface area contributed by atoms with Crippen molar-refractivity contribution in [3.05, 3.63) is 65.0 Å². The number of benzene rings is 2. The third-order valence-electron chi connectivity index (χ3n) is 6.99. The number of likely N-dealkylation sites (tertiary alicyclic amines) is 1. The fraction of sp³-hybridized carbons (Fsp3) is 0.440. The van der Waals surface area contributed by atoms with Crippen molar-refractivity contribution in [2.24, 2.45) is 0 Å². The summed E-state index contributed by atoms with van der Waals surface area (Å²) in [6.07, 6.45) is 6.36. The van der Waals surface area contributed by atoms with Gasteiger partial charge in [-0.1, -0.05) is 37.5 Å². The summed E-state index contributed by atoms with van der Waals surface area (Å²) in [6.45, 7) is 3.50. The van der Waals surface area contributed by atoms with Crippen LogP contribution < -0.4 is 4.72 Å². The Balaban J connectivity index is 1.48. The quantitative estimate of drug-likeness (QED) is 0.704. The van der Waals surface area contributed by atoms with E-state index >= 15 is 0 Å². The predicted octanol–water partition coefficient (Wildman–Crippen LogP) is 4.29. The summed E-state index contributed by atoms with van der Waals surface area (Å²) >= 11 is 0. The molecular weight excluding hydrogens is 443 g/mol. The second kappa shape index (κ2) is 8.89. The standard InChI is InChI=1S/C25H29FN2O4S/c1-17-8-13-21(26)22(16-17)33(31,32)27-24(30)25(2)14-15-28(25)23(29)20-11-9-19(10-12-20)18-6-4-3-5-7-18/h8-13,16,18H,3-7,14-15H2,1-2H3,(H,27,30). The highest BCUT2D eigenvalue weighted by atomic mass is 32.2. The lowest BCUT2D eigenvalue weighted by atomic mass is 9.83. The number of sulfonamides is 1. The molecule has 8 heteroatoms. The highest BCUT2D eigenvalue weighted by molar-refractivity contribution is 7.90. The number of aryl methyl sites for hydroxylation is 1. The summed E-state index contributed by atoms with van der Waals surface area (Å²) in [5.41, 5.74) is 0.905. The number of carbonyl (C=O) groups excluding carboxylic acids is 2. The number of nitrogens with one attached hydrogen (secondary N) is 1. The molecular formula is C25H29FN2O4S. The molecule has 0 bridgehead atoms. The Labute approximate surface area is 194 Å². The molecule has 1 unspecified atom stereocenters. The molecule has 2 fully saturated rings. The molecule has 6 nitrogen and oxygen atoms in total. The smallest absolute Gasteiger partial charge is 0.267 e. The maximum atomic E-state index is 14.1. The van der Waals surface area contributed by atoms with Crippen molar-refractivity contribution >= 4 is 21.8 Å². The number of carbonyl (C=O) groups is 2. The summed E-state index contributed by atoms with van der Waals surface area (Å²) in [7, 11) is -4.42. The van der Waals surface area contributed by atoms with Gasteiger partial charge in [-0.05, 0) is 74.4 Å². The second-order valence-electron chi connectivity index (χ2n) is 9.31.